The fourth-order valence-corrected chi connectivity index (χ4v) is 2.41. The number of aromatic carboxylic acids is 1. The van der Waals surface area contributed by atoms with Gasteiger partial charge in [-0.15, -0.1) is 0 Å². The van der Waals surface area contributed by atoms with Crippen LogP contribution in [0.1, 0.15) is 42.2 Å². The number of aromatic hydroxyl groups is 2. The van der Waals surface area contributed by atoms with Gasteiger partial charge in [-0.05, 0) is 18.2 Å². The van der Waals surface area contributed by atoms with Crippen molar-refractivity contribution in [3.63, 3.8) is 0 Å². The molecule has 0 aliphatic heterocycles. The molecule has 6 nitrogen and oxygen atoms in total. The average molecular weight is 479 g/mol. The molecule has 2 aromatic rings. The van der Waals surface area contributed by atoms with Crippen LogP contribution in [0.25, 0.3) is 0 Å². The topological polar surface area (TPSA) is 112 Å². The summed E-state index contributed by atoms with van der Waals surface area (Å²) in [7, 11) is 0. The van der Waals surface area contributed by atoms with E-state index in [9.17, 15) is 24.6 Å². The Morgan fingerprint density at radius 1 is 0.864 bits per heavy atom. The monoisotopic (exact) mass is 479 g/mol. The Morgan fingerprint density at radius 3 is 2.14 bits per heavy atom. The first-order valence-electron chi connectivity index (χ1n) is 5.93. The minimum absolute atomic E-state index is 0. The molecule has 0 bridgehead atoms. The predicted molar refractivity (Wildman–Crippen MR) is 70.0 cm³/mol. The molecule has 0 amide bonds. The third-order valence-corrected chi connectivity index (χ3v) is 3.35. The quantitative estimate of drug-likeness (QED) is 0.489. The fourth-order valence-electron chi connectivity index (χ4n) is 2.41. The van der Waals surface area contributed by atoms with Crippen molar-refractivity contribution in [2.45, 2.75) is 0 Å². The molecule has 0 fully saturated rings. The normalized spacial score (nSPS) is 12.2. The van der Waals surface area contributed by atoms with Crippen molar-refractivity contribution in [2.75, 3.05) is 0 Å². The number of carbonyl (C=O) groups excluding carboxylic acids is 2. The zero-order chi connectivity index (χ0) is 15.3. The first-order chi connectivity index (χ1) is 9.91. The first kappa shape index (κ1) is 15.9. The maximum atomic E-state index is 12.4. The van der Waals surface area contributed by atoms with Gasteiger partial charge in [0.15, 0.2) is 5.78 Å². The number of phenols is 2. The Bertz CT molecular complexity index is 840. The number of fused-ring (bicyclic) bond motifs is 2. The van der Waals surface area contributed by atoms with Crippen LogP contribution in [0.3, 0.4) is 0 Å². The number of carbonyl (C=O) groups is 3. The number of ketones is 2. The molecular formula is C15H8O6Pt. The number of carboxylic acids is 1. The van der Waals surface area contributed by atoms with Crippen molar-refractivity contribution in [1.29, 1.82) is 0 Å². The molecule has 1 aliphatic rings. The molecule has 114 valence electrons. The van der Waals surface area contributed by atoms with Crippen LogP contribution in [0, 0.1) is 0 Å². The second-order valence-electron chi connectivity index (χ2n) is 4.58. The summed E-state index contributed by atoms with van der Waals surface area (Å²) in [4.78, 5) is 35.7. The van der Waals surface area contributed by atoms with E-state index >= 15 is 0 Å². The summed E-state index contributed by atoms with van der Waals surface area (Å²) in [6.45, 7) is 0. The van der Waals surface area contributed by atoms with E-state index in [2.05, 4.69) is 0 Å². The SMILES string of the molecule is O=C(O)c1cc(O)c2c(c1)C(=O)c1cccc(O)c1C2=O.[Pt]. The summed E-state index contributed by atoms with van der Waals surface area (Å²) >= 11 is 0. The van der Waals surface area contributed by atoms with Gasteiger partial charge in [-0.25, -0.2) is 4.79 Å². The second-order valence-corrected chi connectivity index (χ2v) is 4.58. The van der Waals surface area contributed by atoms with Crippen molar-refractivity contribution in [1.82, 2.24) is 0 Å². The molecule has 0 unspecified atom stereocenters. The summed E-state index contributed by atoms with van der Waals surface area (Å²) < 4.78 is 0. The Balaban J connectivity index is 0.00000176. The summed E-state index contributed by atoms with van der Waals surface area (Å²) in [6, 6.07) is 5.98. The molecule has 0 aromatic heterocycles. The zero-order valence-corrected chi connectivity index (χ0v) is 13.0. The molecule has 7 heteroatoms. The van der Waals surface area contributed by atoms with Crippen LogP contribution in [0.4, 0.5) is 0 Å². The molecule has 0 heterocycles. The van der Waals surface area contributed by atoms with E-state index in [1.165, 1.54) is 18.2 Å². The van der Waals surface area contributed by atoms with E-state index < -0.39 is 23.3 Å². The van der Waals surface area contributed by atoms with Crippen molar-refractivity contribution < 1.29 is 50.8 Å². The van der Waals surface area contributed by atoms with Crippen molar-refractivity contribution in [2.24, 2.45) is 0 Å². The maximum absolute atomic E-state index is 12.4. The van der Waals surface area contributed by atoms with Gasteiger partial charge in [-0.2, -0.15) is 0 Å². The van der Waals surface area contributed by atoms with E-state index in [0.717, 1.165) is 12.1 Å². The van der Waals surface area contributed by atoms with Crippen LogP contribution in [0.5, 0.6) is 11.5 Å². The standard InChI is InChI=1S/C15H8O6.Pt/c16-9-3-1-2-7-11(9)14(19)12-8(13(7)18)4-6(15(20)21)5-10(12)17;/h1-5,16-17H,(H,20,21);. The molecule has 3 N–H and O–H groups in total. The van der Waals surface area contributed by atoms with Gasteiger partial charge >= 0.3 is 5.97 Å². The van der Waals surface area contributed by atoms with E-state index in [-0.39, 0.29) is 54.6 Å². The molecule has 0 spiro atoms. The van der Waals surface area contributed by atoms with Crippen LogP contribution in [-0.4, -0.2) is 32.9 Å². The van der Waals surface area contributed by atoms with E-state index in [0.29, 0.717) is 0 Å². The van der Waals surface area contributed by atoms with Gasteiger partial charge in [0.2, 0.25) is 5.78 Å². The number of hydrogen-bond acceptors (Lipinski definition) is 5. The van der Waals surface area contributed by atoms with Crippen LogP contribution in [0.15, 0.2) is 30.3 Å². The van der Waals surface area contributed by atoms with E-state index in [1.54, 1.807) is 0 Å². The van der Waals surface area contributed by atoms with Crippen LogP contribution >= 0.6 is 0 Å². The van der Waals surface area contributed by atoms with Gasteiger partial charge in [0.05, 0.1) is 16.7 Å². The van der Waals surface area contributed by atoms with Crippen LogP contribution in [-0.2, 0) is 21.1 Å². The summed E-state index contributed by atoms with van der Waals surface area (Å²) in [5.74, 6) is -3.62. The minimum Gasteiger partial charge on any atom is -0.507 e. The van der Waals surface area contributed by atoms with Gasteiger partial charge in [0, 0.05) is 32.2 Å². The molecule has 0 atom stereocenters. The van der Waals surface area contributed by atoms with Gasteiger partial charge in [-0.1, -0.05) is 12.1 Å². The average Bonchev–Trinajstić information content (AvgIpc) is 2.43. The maximum Gasteiger partial charge on any atom is 0.335 e. The minimum atomic E-state index is -1.32. The largest absolute Gasteiger partial charge is 0.507 e. The Labute approximate surface area is 138 Å². The summed E-state index contributed by atoms with van der Waals surface area (Å²) in [5, 5.41) is 28.6. The van der Waals surface area contributed by atoms with Gasteiger partial charge in [0.25, 0.3) is 0 Å². The number of rotatable bonds is 1. The molecule has 3 rings (SSSR count). The Morgan fingerprint density at radius 2 is 1.50 bits per heavy atom. The smallest absolute Gasteiger partial charge is 0.335 e. The van der Waals surface area contributed by atoms with Crippen molar-refractivity contribution >= 4 is 17.5 Å². The summed E-state index contributed by atoms with van der Waals surface area (Å²) in [5.41, 5.74) is -0.978. The number of benzene rings is 2. The van der Waals surface area contributed by atoms with E-state index in [4.69, 9.17) is 5.11 Å². The van der Waals surface area contributed by atoms with Crippen molar-refractivity contribution in [3.05, 3.63) is 58.1 Å². The molecule has 0 saturated heterocycles. The fraction of sp³-hybridized carbons (Fsp3) is 0. The second kappa shape index (κ2) is 5.39. The van der Waals surface area contributed by atoms with Gasteiger partial charge in [-0.3, -0.25) is 9.59 Å². The number of carboxylic acid groups (broad SMARTS) is 1. The van der Waals surface area contributed by atoms with Gasteiger partial charge in [0.1, 0.15) is 11.5 Å². The molecule has 2 aromatic carbocycles. The molecule has 1 aliphatic carbocycles. The Kier molecular flexibility index (Phi) is 3.90. The Hall–Kier alpha value is -2.46. The first-order valence-corrected chi connectivity index (χ1v) is 5.93. The molecule has 0 saturated carbocycles. The van der Waals surface area contributed by atoms with Crippen LogP contribution < -0.4 is 0 Å². The molecular weight excluding hydrogens is 471 g/mol. The summed E-state index contributed by atoms with van der Waals surface area (Å²) in [6.07, 6.45) is 0. The third-order valence-electron chi connectivity index (χ3n) is 3.35. The number of phenolic OH excluding ortho intramolecular Hbond substituents is 2. The molecule has 22 heavy (non-hydrogen) atoms. The van der Waals surface area contributed by atoms with Crippen LogP contribution in [0.2, 0.25) is 0 Å². The molecule has 0 radical (unpaired) electrons. The number of hydrogen-bond donors (Lipinski definition) is 3. The van der Waals surface area contributed by atoms with Gasteiger partial charge < -0.3 is 15.3 Å². The third kappa shape index (κ3) is 2.12. The van der Waals surface area contributed by atoms with E-state index in [1.807, 2.05) is 0 Å². The predicted octanol–water partition coefficient (Wildman–Crippen LogP) is 1.57. The van der Waals surface area contributed by atoms with Crippen molar-refractivity contribution in [3.8, 4) is 11.5 Å². The zero-order valence-electron chi connectivity index (χ0n) is 10.8.